The molecule has 0 aromatic heterocycles. The molecule has 0 spiro atoms. The number of amides is 1. The van der Waals surface area contributed by atoms with E-state index in [0.29, 0.717) is 25.5 Å². The molecule has 0 bridgehead atoms. The lowest BCUT2D eigenvalue weighted by Crippen LogP contribution is -2.29. The summed E-state index contributed by atoms with van der Waals surface area (Å²) >= 11 is 0. The van der Waals surface area contributed by atoms with Crippen LogP contribution in [-0.4, -0.2) is 25.6 Å². The minimum absolute atomic E-state index is 0.144. The molecule has 0 radical (unpaired) electrons. The molecule has 1 aromatic rings. The molecule has 4 nitrogen and oxygen atoms in total. The fourth-order valence-corrected chi connectivity index (χ4v) is 2.94. The summed E-state index contributed by atoms with van der Waals surface area (Å²) in [5, 5.41) is 6.40. The van der Waals surface area contributed by atoms with Gasteiger partial charge >= 0.3 is 0 Å². The Morgan fingerprint density at radius 2 is 2.13 bits per heavy atom. The summed E-state index contributed by atoms with van der Waals surface area (Å²) in [6.45, 7) is 7.59. The zero-order chi connectivity index (χ0) is 16.5. The Balaban J connectivity index is 1.78. The first-order valence-electron chi connectivity index (χ1n) is 8.88. The molecule has 1 aliphatic rings. The number of hydrogen-bond donors (Lipinski definition) is 2. The van der Waals surface area contributed by atoms with Crippen LogP contribution in [0.3, 0.4) is 0 Å². The molecule has 4 heteroatoms. The number of piperidine rings is 1. The molecule has 0 saturated carbocycles. The molecule has 1 amide bonds. The zero-order valence-electron chi connectivity index (χ0n) is 14.5. The number of ether oxygens (including phenoxy) is 1. The van der Waals surface area contributed by atoms with Crippen LogP contribution in [0.1, 0.15) is 50.2 Å². The summed E-state index contributed by atoms with van der Waals surface area (Å²) in [7, 11) is 0. The van der Waals surface area contributed by atoms with Crippen molar-refractivity contribution in [1.82, 2.24) is 10.6 Å². The smallest absolute Gasteiger partial charge is 0.220 e. The van der Waals surface area contributed by atoms with Crippen molar-refractivity contribution >= 4 is 5.91 Å². The van der Waals surface area contributed by atoms with Crippen molar-refractivity contribution < 1.29 is 9.53 Å². The summed E-state index contributed by atoms with van der Waals surface area (Å²) in [6, 6.07) is 6.16. The van der Waals surface area contributed by atoms with Crippen molar-refractivity contribution in [2.45, 2.75) is 52.5 Å². The number of benzene rings is 1. The van der Waals surface area contributed by atoms with E-state index in [4.69, 9.17) is 4.74 Å². The van der Waals surface area contributed by atoms with E-state index in [1.165, 1.54) is 18.4 Å². The molecule has 23 heavy (non-hydrogen) atoms. The third-order valence-corrected chi connectivity index (χ3v) is 4.40. The van der Waals surface area contributed by atoms with Gasteiger partial charge in [0.1, 0.15) is 5.75 Å². The number of carbonyl (C=O) groups excluding carboxylic acids is 1. The minimum atomic E-state index is 0.144. The van der Waals surface area contributed by atoms with Gasteiger partial charge in [0, 0.05) is 18.5 Å². The van der Waals surface area contributed by atoms with Gasteiger partial charge in [-0.2, -0.15) is 0 Å². The molecule has 0 unspecified atom stereocenters. The number of rotatable bonds is 8. The first kappa shape index (κ1) is 17.8. The van der Waals surface area contributed by atoms with Gasteiger partial charge in [-0.3, -0.25) is 4.79 Å². The predicted molar refractivity (Wildman–Crippen MR) is 93.6 cm³/mol. The fraction of sp³-hybridized carbons (Fsp3) is 0.632. The molecule has 2 N–H and O–H groups in total. The lowest BCUT2D eigenvalue weighted by atomic mass is 9.93. The third kappa shape index (κ3) is 6.22. The van der Waals surface area contributed by atoms with Crippen LogP contribution in [-0.2, 0) is 11.3 Å². The van der Waals surface area contributed by atoms with E-state index in [2.05, 4.69) is 30.5 Å². The zero-order valence-corrected chi connectivity index (χ0v) is 14.5. The second-order valence-corrected chi connectivity index (χ2v) is 6.47. The Labute approximate surface area is 140 Å². The van der Waals surface area contributed by atoms with Gasteiger partial charge in [-0.1, -0.05) is 19.1 Å². The molecule has 1 heterocycles. The number of hydrogen-bond acceptors (Lipinski definition) is 3. The van der Waals surface area contributed by atoms with Gasteiger partial charge in [-0.25, -0.2) is 0 Å². The predicted octanol–water partition coefficient (Wildman–Crippen LogP) is 3.18. The summed E-state index contributed by atoms with van der Waals surface area (Å²) in [5.41, 5.74) is 2.23. The van der Waals surface area contributed by atoms with E-state index in [9.17, 15) is 4.79 Å². The van der Waals surface area contributed by atoms with Crippen LogP contribution < -0.4 is 15.4 Å². The third-order valence-electron chi connectivity index (χ3n) is 4.40. The molecule has 2 rings (SSSR count). The van der Waals surface area contributed by atoms with Crippen LogP contribution in [0.25, 0.3) is 0 Å². The van der Waals surface area contributed by atoms with E-state index in [1.807, 2.05) is 12.1 Å². The maximum absolute atomic E-state index is 12.1. The largest absolute Gasteiger partial charge is 0.493 e. The van der Waals surface area contributed by atoms with Crippen LogP contribution >= 0.6 is 0 Å². The van der Waals surface area contributed by atoms with Crippen molar-refractivity contribution in [2.75, 3.05) is 19.7 Å². The Kier molecular flexibility index (Phi) is 7.40. The second kappa shape index (κ2) is 9.56. The second-order valence-electron chi connectivity index (χ2n) is 6.47. The van der Waals surface area contributed by atoms with Crippen LogP contribution in [0.15, 0.2) is 18.2 Å². The highest BCUT2D eigenvalue weighted by Crippen LogP contribution is 2.21. The van der Waals surface area contributed by atoms with E-state index in [1.54, 1.807) is 0 Å². The normalized spacial score (nSPS) is 15.4. The van der Waals surface area contributed by atoms with E-state index in [0.717, 1.165) is 37.2 Å². The van der Waals surface area contributed by atoms with Gasteiger partial charge in [-0.05, 0) is 63.2 Å². The maximum Gasteiger partial charge on any atom is 0.220 e. The average molecular weight is 318 g/mol. The fourth-order valence-electron chi connectivity index (χ4n) is 2.94. The van der Waals surface area contributed by atoms with Crippen molar-refractivity contribution in [3.63, 3.8) is 0 Å². The molecule has 0 atom stereocenters. The number of nitrogens with one attached hydrogen (secondary N) is 2. The maximum atomic E-state index is 12.1. The summed E-state index contributed by atoms with van der Waals surface area (Å²) < 4.78 is 5.80. The molecular weight excluding hydrogens is 288 g/mol. The highest BCUT2D eigenvalue weighted by atomic mass is 16.5. The SMILES string of the molecule is CCCOc1cc(C)ccc1CNC(=O)CCC1CCNCC1. The van der Waals surface area contributed by atoms with Crippen LogP contribution in [0.2, 0.25) is 0 Å². The highest BCUT2D eigenvalue weighted by molar-refractivity contribution is 5.75. The molecule has 1 fully saturated rings. The van der Waals surface area contributed by atoms with Gasteiger partial charge in [0.2, 0.25) is 5.91 Å². The van der Waals surface area contributed by atoms with Crippen molar-refractivity contribution in [1.29, 1.82) is 0 Å². The van der Waals surface area contributed by atoms with Crippen molar-refractivity contribution in [3.05, 3.63) is 29.3 Å². The topological polar surface area (TPSA) is 50.4 Å². The van der Waals surface area contributed by atoms with Gasteiger partial charge in [0.15, 0.2) is 0 Å². The molecule has 0 aliphatic carbocycles. The quantitative estimate of drug-likeness (QED) is 0.774. The lowest BCUT2D eigenvalue weighted by Gasteiger charge is -2.22. The molecule has 128 valence electrons. The summed E-state index contributed by atoms with van der Waals surface area (Å²) in [6.07, 6.45) is 5.00. The lowest BCUT2D eigenvalue weighted by molar-refractivity contribution is -0.121. The first-order valence-corrected chi connectivity index (χ1v) is 8.88. The standard InChI is InChI=1S/C19H30N2O2/c1-3-12-23-18-13-15(2)4-6-17(18)14-21-19(22)7-5-16-8-10-20-11-9-16/h4,6,13,16,20H,3,5,7-12,14H2,1-2H3,(H,21,22). The van der Waals surface area contributed by atoms with E-state index >= 15 is 0 Å². The molecule has 1 aromatic carbocycles. The highest BCUT2D eigenvalue weighted by Gasteiger charge is 2.14. The molecule has 1 saturated heterocycles. The van der Waals surface area contributed by atoms with E-state index < -0.39 is 0 Å². The average Bonchev–Trinajstić information content (AvgIpc) is 2.58. The molecular formula is C19H30N2O2. The van der Waals surface area contributed by atoms with E-state index in [-0.39, 0.29) is 5.91 Å². The summed E-state index contributed by atoms with van der Waals surface area (Å²) in [5.74, 6) is 1.74. The van der Waals surface area contributed by atoms with Crippen LogP contribution in [0.5, 0.6) is 5.75 Å². The Morgan fingerprint density at radius 1 is 1.35 bits per heavy atom. The Bertz CT molecular complexity index is 496. The number of carbonyl (C=O) groups is 1. The first-order chi connectivity index (χ1) is 11.2. The Morgan fingerprint density at radius 3 is 2.87 bits per heavy atom. The molecule has 1 aliphatic heterocycles. The van der Waals surface area contributed by atoms with Crippen LogP contribution in [0.4, 0.5) is 0 Å². The van der Waals surface area contributed by atoms with Crippen molar-refractivity contribution in [2.24, 2.45) is 5.92 Å². The number of aryl methyl sites for hydroxylation is 1. The monoisotopic (exact) mass is 318 g/mol. The van der Waals surface area contributed by atoms with Gasteiger partial charge in [0.25, 0.3) is 0 Å². The van der Waals surface area contributed by atoms with Crippen molar-refractivity contribution in [3.8, 4) is 5.75 Å². The van der Waals surface area contributed by atoms with Crippen LogP contribution in [0, 0.1) is 12.8 Å². The van der Waals surface area contributed by atoms with Gasteiger partial charge in [-0.15, -0.1) is 0 Å². The summed E-state index contributed by atoms with van der Waals surface area (Å²) in [4.78, 5) is 12.1. The van der Waals surface area contributed by atoms with Gasteiger partial charge < -0.3 is 15.4 Å². The van der Waals surface area contributed by atoms with Gasteiger partial charge in [0.05, 0.1) is 6.61 Å². The minimum Gasteiger partial charge on any atom is -0.493 e. The Hall–Kier alpha value is -1.55.